The summed E-state index contributed by atoms with van der Waals surface area (Å²) >= 11 is 3.72. The molecular formula is C43H61N3OS2. The van der Waals surface area contributed by atoms with Crippen molar-refractivity contribution in [2.75, 3.05) is 0 Å². The van der Waals surface area contributed by atoms with Gasteiger partial charge in [-0.25, -0.2) is 0 Å². The van der Waals surface area contributed by atoms with E-state index in [1.54, 1.807) is 18.2 Å². The Hall–Kier alpha value is -2.98. The molecule has 0 unspecified atom stereocenters. The number of rotatable bonds is 13. The molecule has 1 aromatic carbocycles. The number of Topliss-reactive ketones (excluding diaryl/α,β-unsaturated/α-hetero) is 1. The summed E-state index contributed by atoms with van der Waals surface area (Å²) in [5, 5.41) is 30.1. The van der Waals surface area contributed by atoms with E-state index in [0.29, 0.717) is 19.3 Å². The van der Waals surface area contributed by atoms with Crippen LogP contribution in [0.15, 0.2) is 69.5 Å². The number of hydrogen-bond acceptors (Lipinski definition) is 6. The minimum absolute atomic E-state index is 0.0200. The molecule has 6 heteroatoms. The average Bonchev–Trinajstić information content (AvgIpc) is 2.94. The fourth-order valence-corrected chi connectivity index (χ4v) is 7.70. The molecule has 49 heavy (non-hydrogen) atoms. The minimum atomic E-state index is -2.24. The molecule has 1 aromatic rings. The highest BCUT2D eigenvalue weighted by Gasteiger charge is 2.38. The summed E-state index contributed by atoms with van der Waals surface area (Å²) in [5.74, 6) is -0.650. The normalized spacial score (nSPS) is 14.2. The number of benzene rings is 1. The molecule has 0 bridgehead atoms. The first kappa shape index (κ1) is 44.0. The molecule has 1 rings (SSSR count). The van der Waals surface area contributed by atoms with Gasteiger partial charge in [0.1, 0.15) is 18.2 Å². The second-order valence-electron chi connectivity index (χ2n) is 17.6. The molecule has 266 valence electrons. The number of thioether (sulfide) groups is 2. The Labute approximate surface area is 308 Å². The molecule has 0 atom stereocenters. The molecule has 0 aliphatic carbocycles. The van der Waals surface area contributed by atoms with Gasteiger partial charge in [-0.2, -0.15) is 15.8 Å². The van der Waals surface area contributed by atoms with Crippen LogP contribution < -0.4 is 0 Å². The van der Waals surface area contributed by atoms with E-state index in [4.69, 9.17) is 0 Å². The molecule has 0 aliphatic heterocycles. The van der Waals surface area contributed by atoms with Gasteiger partial charge in [-0.3, -0.25) is 4.79 Å². The summed E-state index contributed by atoms with van der Waals surface area (Å²) in [6, 6.07) is 11.9. The van der Waals surface area contributed by atoms with Gasteiger partial charge in [-0.15, -0.1) is 23.5 Å². The molecule has 0 amide bonds. The maximum atomic E-state index is 12.6. The standard InChI is InChI=1S/C43H61N3OS2/c1-17-35(40(9,10)11)34(23-30(2)19-18-20-37(47)43(27-44,28-45)29-46)36(41(12,13)14)21-22-48-42(15,16)49-33-25-31(38(3,4)5)24-32(26-33)39(6,7)8/h17,21-22,24-26H,2,18-20,23H2,1,3-16H3/b22-21+,35-17+,36-34+. The summed E-state index contributed by atoms with van der Waals surface area (Å²) < 4.78 is -0.125. The first-order valence-electron chi connectivity index (χ1n) is 17.2. The molecule has 0 heterocycles. The first-order valence-corrected chi connectivity index (χ1v) is 18.9. The van der Waals surface area contributed by atoms with Crippen LogP contribution in [0.4, 0.5) is 0 Å². The minimum Gasteiger partial charge on any atom is -0.295 e. The Morgan fingerprint density at radius 3 is 1.65 bits per heavy atom. The summed E-state index contributed by atoms with van der Waals surface area (Å²) in [5.41, 5.74) is 5.00. The van der Waals surface area contributed by atoms with Crippen LogP contribution in [0.25, 0.3) is 0 Å². The highest BCUT2D eigenvalue weighted by Crippen LogP contribution is 2.46. The number of hydrogen-bond donors (Lipinski definition) is 0. The number of carbonyl (C=O) groups is 1. The fourth-order valence-electron chi connectivity index (χ4n) is 5.58. The summed E-state index contributed by atoms with van der Waals surface area (Å²) in [6.45, 7) is 38.1. The van der Waals surface area contributed by atoms with E-state index in [0.717, 1.165) is 5.57 Å². The fraction of sp³-hybridized carbons (Fsp3) is 0.581. The Balaban J connectivity index is 3.50. The van der Waals surface area contributed by atoms with Crippen LogP contribution in [0.1, 0.15) is 141 Å². The number of carbonyl (C=O) groups excluding carboxylic acids is 1. The van der Waals surface area contributed by atoms with Crippen molar-refractivity contribution in [3.8, 4) is 18.2 Å². The van der Waals surface area contributed by atoms with E-state index in [2.05, 4.69) is 146 Å². The van der Waals surface area contributed by atoms with E-state index in [1.807, 2.05) is 23.5 Å². The quantitative estimate of drug-likeness (QED) is 0.0881. The molecule has 0 saturated carbocycles. The monoisotopic (exact) mass is 699 g/mol. The van der Waals surface area contributed by atoms with Crippen molar-refractivity contribution in [1.82, 2.24) is 0 Å². The summed E-state index contributed by atoms with van der Waals surface area (Å²) in [4.78, 5) is 13.9. The summed E-state index contributed by atoms with van der Waals surface area (Å²) in [6.07, 6.45) is 6.08. The van der Waals surface area contributed by atoms with Crippen molar-refractivity contribution in [2.45, 2.75) is 149 Å². The van der Waals surface area contributed by atoms with E-state index >= 15 is 0 Å². The van der Waals surface area contributed by atoms with Crippen molar-refractivity contribution in [3.63, 3.8) is 0 Å². The molecule has 0 fully saturated rings. The zero-order chi connectivity index (χ0) is 38.2. The van der Waals surface area contributed by atoms with Crippen molar-refractivity contribution >= 4 is 29.3 Å². The molecule has 0 N–H and O–H groups in total. The van der Waals surface area contributed by atoms with Crippen molar-refractivity contribution in [1.29, 1.82) is 15.8 Å². The number of nitriles is 3. The van der Waals surface area contributed by atoms with E-state index in [1.165, 1.54) is 32.7 Å². The second-order valence-corrected chi connectivity index (χ2v) is 21.0. The molecule has 0 spiro atoms. The van der Waals surface area contributed by atoms with Gasteiger partial charge in [0, 0.05) is 11.3 Å². The Morgan fingerprint density at radius 1 is 0.776 bits per heavy atom. The third-order valence-corrected chi connectivity index (χ3v) is 10.8. The van der Waals surface area contributed by atoms with Gasteiger partial charge in [0.25, 0.3) is 5.41 Å². The highest BCUT2D eigenvalue weighted by atomic mass is 32.2. The van der Waals surface area contributed by atoms with Gasteiger partial charge in [-0.1, -0.05) is 113 Å². The van der Waals surface area contributed by atoms with Gasteiger partial charge in [0.15, 0.2) is 5.78 Å². The molecule has 4 nitrogen and oxygen atoms in total. The van der Waals surface area contributed by atoms with Gasteiger partial charge < -0.3 is 0 Å². The van der Waals surface area contributed by atoms with E-state index in [9.17, 15) is 20.6 Å². The topological polar surface area (TPSA) is 88.4 Å². The van der Waals surface area contributed by atoms with Crippen LogP contribution in [0.5, 0.6) is 0 Å². The third-order valence-electron chi connectivity index (χ3n) is 8.43. The van der Waals surface area contributed by atoms with Crippen LogP contribution in [0.3, 0.4) is 0 Å². The van der Waals surface area contributed by atoms with Crippen LogP contribution in [-0.4, -0.2) is 9.86 Å². The smallest absolute Gasteiger partial charge is 0.285 e. The Bertz CT molecular complexity index is 1520. The third kappa shape index (κ3) is 13.0. The SMILES string of the molecule is C=C(CCCC(=O)C(C#N)(C#N)C#N)CC(/C(=C\C)C(C)(C)C)=C(/C=C/SC(C)(C)Sc1cc(C(C)(C)C)cc(C(C)(C)C)c1)C(C)(C)C. The van der Waals surface area contributed by atoms with E-state index in [-0.39, 0.29) is 32.2 Å². The zero-order valence-corrected chi connectivity index (χ0v) is 34.7. The van der Waals surface area contributed by atoms with Gasteiger partial charge >= 0.3 is 0 Å². The summed E-state index contributed by atoms with van der Waals surface area (Å²) in [7, 11) is 0. The molecule has 0 aromatic heterocycles. The van der Waals surface area contributed by atoms with Gasteiger partial charge in [0.05, 0.1) is 4.08 Å². The number of ketones is 1. The van der Waals surface area contributed by atoms with Crippen molar-refractivity contribution in [3.05, 3.63) is 75.8 Å². The number of allylic oxidation sites excluding steroid dienone is 6. The number of nitrogens with zero attached hydrogens (tertiary/aromatic N) is 3. The van der Waals surface area contributed by atoms with Crippen LogP contribution in [-0.2, 0) is 15.6 Å². The second kappa shape index (κ2) is 16.8. The lowest BCUT2D eigenvalue weighted by Gasteiger charge is -2.32. The zero-order valence-electron chi connectivity index (χ0n) is 33.1. The molecule has 0 aliphatic rings. The predicted molar refractivity (Wildman–Crippen MR) is 212 cm³/mol. The van der Waals surface area contributed by atoms with Crippen LogP contribution in [0.2, 0.25) is 0 Å². The van der Waals surface area contributed by atoms with E-state index < -0.39 is 11.2 Å². The lowest BCUT2D eigenvalue weighted by Crippen LogP contribution is -2.25. The molecule has 0 saturated heterocycles. The lowest BCUT2D eigenvalue weighted by atomic mass is 9.73. The molecular weight excluding hydrogens is 639 g/mol. The van der Waals surface area contributed by atoms with Crippen molar-refractivity contribution < 1.29 is 4.79 Å². The highest BCUT2D eigenvalue weighted by molar-refractivity contribution is 8.19. The van der Waals surface area contributed by atoms with Gasteiger partial charge in [-0.05, 0) is 107 Å². The lowest BCUT2D eigenvalue weighted by molar-refractivity contribution is -0.122. The predicted octanol–water partition coefficient (Wildman–Crippen LogP) is 12.9. The Kier molecular flexibility index (Phi) is 15.1. The van der Waals surface area contributed by atoms with Gasteiger partial charge in [0.2, 0.25) is 0 Å². The first-order chi connectivity index (χ1) is 22.2. The van der Waals surface area contributed by atoms with Crippen molar-refractivity contribution in [2.24, 2.45) is 16.2 Å². The Morgan fingerprint density at radius 2 is 1.27 bits per heavy atom. The maximum absolute atomic E-state index is 12.6. The average molecular weight is 700 g/mol. The van der Waals surface area contributed by atoms with Crippen LogP contribution >= 0.6 is 23.5 Å². The largest absolute Gasteiger partial charge is 0.295 e. The maximum Gasteiger partial charge on any atom is 0.285 e. The van der Waals surface area contributed by atoms with Crippen LogP contribution in [0, 0.1) is 50.2 Å². The molecule has 0 radical (unpaired) electrons.